The minimum Gasteiger partial charge on any atom is -0.465 e. The summed E-state index contributed by atoms with van der Waals surface area (Å²) >= 11 is 0. The largest absolute Gasteiger partial charge is 0.465 e. The highest BCUT2D eigenvalue weighted by molar-refractivity contribution is 5.75. The molecule has 0 fully saturated rings. The maximum Gasteiger partial charge on any atom is 0.320 e. The van der Waals surface area contributed by atoms with Crippen LogP contribution in [-0.2, 0) is 35.2 Å². The molecule has 7 nitrogen and oxygen atoms in total. The number of rotatable bonds is 10. The number of hydrogen-bond acceptors (Lipinski definition) is 7. The van der Waals surface area contributed by atoms with E-state index in [-0.39, 0.29) is 38.7 Å². The van der Waals surface area contributed by atoms with E-state index in [9.17, 15) is 14.4 Å². The van der Waals surface area contributed by atoms with Crippen molar-refractivity contribution in [3.63, 3.8) is 0 Å². The molecule has 0 saturated carbocycles. The minimum absolute atomic E-state index is 0.0712. The maximum absolute atomic E-state index is 11.6. The molecule has 0 radical (unpaired) electrons. The number of carbonyl (C=O) groups is 3. The molecule has 0 aliphatic heterocycles. The van der Waals surface area contributed by atoms with Gasteiger partial charge in [0, 0.05) is 6.42 Å². The second-order valence-electron chi connectivity index (χ2n) is 6.66. The highest BCUT2D eigenvalue weighted by Crippen LogP contribution is 2.06. The zero-order chi connectivity index (χ0) is 19.4. The number of benzene rings is 1. The van der Waals surface area contributed by atoms with Crippen LogP contribution in [0.15, 0.2) is 30.3 Å². The lowest BCUT2D eigenvalue weighted by molar-refractivity contribution is -0.154. The fraction of sp³-hybridized carbons (Fsp3) is 0.526. The summed E-state index contributed by atoms with van der Waals surface area (Å²) in [6.07, 6.45) is 0.552. The highest BCUT2D eigenvalue weighted by atomic mass is 16.6. The highest BCUT2D eigenvalue weighted by Gasteiger charge is 2.16. The van der Waals surface area contributed by atoms with E-state index >= 15 is 0 Å². The van der Waals surface area contributed by atoms with Crippen LogP contribution >= 0.6 is 0 Å². The summed E-state index contributed by atoms with van der Waals surface area (Å²) in [6.45, 7) is 5.48. The van der Waals surface area contributed by atoms with Crippen molar-refractivity contribution in [1.82, 2.24) is 5.32 Å². The topological polar surface area (TPSA) is 90.9 Å². The van der Waals surface area contributed by atoms with Gasteiger partial charge in [-0.15, -0.1) is 0 Å². The first-order valence-corrected chi connectivity index (χ1v) is 8.54. The van der Waals surface area contributed by atoms with Gasteiger partial charge in [0.25, 0.3) is 0 Å². The van der Waals surface area contributed by atoms with E-state index in [4.69, 9.17) is 14.2 Å². The third kappa shape index (κ3) is 11.2. The lowest BCUT2D eigenvalue weighted by Crippen LogP contribution is -2.34. The monoisotopic (exact) mass is 365 g/mol. The van der Waals surface area contributed by atoms with E-state index in [0.29, 0.717) is 6.42 Å². The van der Waals surface area contributed by atoms with Gasteiger partial charge in [-0.2, -0.15) is 0 Å². The molecule has 1 aromatic carbocycles. The Balaban J connectivity index is 2.03. The van der Waals surface area contributed by atoms with Gasteiger partial charge in [0.1, 0.15) is 12.2 Å². The Kier molecular flexibility index (Phi) is 9.36. The van der Waals surface area contributed by atoms with Crippen molar-refractivity contribution >= 4 is 17.9 Å². The molecule has 0 saturated heterocycles. The maximum atomic E-state index is 11.6. The molecule has 0 aliphatic carbocycles. The molecule has 0 amide bonds. The molecule has 0 bridgehead atoms. The fourth-order valence-corrected chi connectivity index (χ4v) is 1.91. The average molecular weight is 365 g/mol. The fourth-order valence-electron chi connectivity index (χ4n) is 1.91. The zero-order valence-corrected chi connectivity index (χ0v) is 15.6. The minimum atomic E-state index is -0.561. The zero-order valence-electron chi connectivity index (χ0n) is 15.6. The molecule has 0 aromatic heterocycles. The Morgan fingerprint density at radius 1 is 0.923 bits per heavy atom. The van der Waals surface area contributed by atoms with Crippen molar-refractivity contribution in [1.29, 1.82) is 0 Å². The van der Waals surface area contributed by atoms with Gasteiger partial charge in [0.05, 0.1) is 19.7 Å². The lowest BCUT2D eigenvalue weighted by atomic mass is 10.2. The van der Waals surface area contributed by atoms with Crippen molar-refractivity contribution in [3.8, 4) is 0 Å². The van der Waals surface area contributed by atoms with Crippen molar-refractivity contribution in [2.75, 3.05) is 19.7 Å². The Bertz CT molecular complexity index is 579. The van der Waals surface area contributed by atoms with Crippen molar-refractivity contribution in [3.05, 3.63) is 35.9 Å². The third-order valence-electron chi connectivity index (χ3n) is 2.99. The molecule has 1 rings (SSSR count). The van der Waals surface area contributed by atoms with Crippen LogP contribution in [0.3, 0.4) is 0 Å². The molecule has 0 aliphatic rings. The van der Waals surface area contributed by atoms with E-state index in [1.54, 1.807) is 20.8 Å². The predicted octanol–water partition coefficient (Wildman–Crippen LogP) is 1.98. The van der Waals surface area contributed by atoms with Gasteiger partial charge >= 0.3 is 17.9 Å². The van der Waals surface area contributed by atoms with Crippen LogP contribution in [0.4, 0.5) is 0 Å². The second-order valence-corrected chi connectivity index (χ2v) is 6.66. The van der Waals surface area contributed by atoms with E-state index in [1.807, 2.05) is 30.3 Å². The molecular weight excluding hydrogens is 338 g/mol. The summed E-state index contributed by atoms with van der Waals surface area (Å²) < 4.78 is 15.2. The van der Waals surface area contributed by atoms with Crippen LogP contribution < -0.4 is 5.32 Å². The third-order valence-corrected chi connectivity index (χ3v) is 2.99. The van der Waals surface area contributed by atoms with Gasteiger partial charge < -0.3 is 14.2 Å². The molecule has 1 N–H and O–H groups in total. The summed E-state index contributed by atoms with van der Waals surface area (Å²) in [5.74, 6) is -1.27. The summed E-state index contributed by atoms with van der Waals surface area (Å²) in [7, 11) is 0. The lowest BCUT2D eigenvalue weighted by Gasteiger charge is -2.19. The molecule has 0 heterocycles. The van der Waals surface area contributed by atoms with E-state index in [0.717, 1.165) is 5.56 Å². The Morgan fingerprint density at radius 2 is 1.58 bits per heavy atom. The second kappa shape index (κ2) is 11.3. The molecule has 7 heteroatoms. The Morgan fingerprint density at radius 3 is 2.23 bits per heavy atom. The van der Waals surface area contributed by atoms with E-state index < -0.39 is 17.5 Å². The van der Waals surface area contributed by atoms with Crippen molar-refractivity contribution < 1.29 is 28.6 Å². The van der Waals surface area contributed by atoms with Gasteiger partial charge in [-0.1, -0.05) is 30.3 Å². The molecule has 0 spiro atoms. The van der Waals surface area contributed by atoms with Crippen LogP contribution in [0, 0.1) is 0 Å². The first-order chi connectivity index (χ1) is 12.3. The summed E-state index contributed by atoms with van der Waals surface area (Å²) in [5, 5.41) is 2.65. The van der Waals surface area contributed by atoms with E-state index in [1.165, 1.54) is 0 Å². The van der Waals surface area contributed by atoms with E-state index in [2.05, 4.69) is 5.32 Å². The molecular formula is C19H27NO6. The SMILES string of the molecule is CC(C)(C)OC(=O)CNCC(=O)OCCCC(=O)OCc1ccccc1. The molecule has 1 aromatic rings. The molecule has 144 valence electrons. The number of ether oxygens (including phenoxy) is 3. The number of hydrogen-bond donors (Lipinski definition) is 1. The van der Waals surface area contributed by atoms with Gasteiger partial charge in [0.15, 0.2) is 0 Å². The first kappa shape index (κ1) is 21.6. The summed E-state index contributed by atoms with van der Waals surface area (Å²) in [6, 6.07) is 9.39. The van der Waals surface area contributed by atoms with Crippen LogP contribution in [-0.4, -0.2) is 43.2 Å². The molecule has 26 heavy (non-hydrogen) atoms. The number of carbonyl (C=O) groups excluding carboxylic acids is 3. The normalized spacial score (nSPS) is 10.9. The van der Waals surface area contributed by atoms with Crippen molar-refractivity contribution in [2.24, 2.45) is 0 Å². The van der Waals surface area contributed by atoms with Gasteiger partial charge in [-0.05, 0) is 32.8 Å². The average Bonchev–Trinajstić information content (AvgIpc) is 2.56. The van der Waals surface area contributed by atoms with Gasteiger partial charge in [-0.3, -0.25) is 19.7 Å². The van der Waals surface area contributed by atoms with Crippen LogP contribution in [0.2, 0.25) is 0 Å². The van der Waals surface area contributed by atoms with Crippen LogP contribution in [0.5, 0.6) is 0 Å². The molecule has 0 unspecified atom stereocenters. The number of nitrogens with one attached hydrogen (secondary N) is 1. The van der Waals surface area contributed by atoms with Crippen molar-refractivity contribution in [2.45, 2.75) is 45.8 Å². The smallest absolute Gasteiger partial charge is 0.320 e. The predicted molar refractivity (Wildman–Crippen MR) is 95.1 cm³/mol. The first-order valence-electron chi connectivity index (χ1n) is 8.54. The van der Waals surface area contributed by atoms with Gasteiger partial charge in [0.2, 0.25) is 0 Å². The standard InChI is InChI=1S/C19H27NO6/c1-19(2,3)26-18(23)13-20-12-17(22)24-11-7-10-16(21)25-14-15-8-5-4-6-9-15/h4-6,8-9,20H,7,10-14H2,1-3H3. The number of esters is 3. The summed E-state index contributed by atoms with van der Waals surface area (Å²) in [5.41, 5.74) is 0.359. The van der Waals surface area contributed by atoms with Crippen LogP contribution in [0.1, 0.15) is 39.2 Å². The van der Waals surface area contributed by atoms with Gasteiger partial charge in [-0.25, -0.2) is 0 Å². The molecule has 0 atom stereocenters. The van der Waals surface area contributed by atoms with Crippen LogP contribution in [0.25, 0.3) is 0 Å². The quantitative estimate of drug-likeness (QED) is 0.385. The summed E-state index contributed by atoms with van der Waals surface area (Å²) in [4.78, 5) is 34.6. The Hall–Kier alpha value is -2.41. The Labute approximate surface area is 154 Å².